The Labute approximate surface area is 135 Å². The van der Waals surface area contributed by atoms with Crippen molar-refractivity contribution in [1.29, 1.82) is 0 Å². The number of rotatable bonds is 2. The first kappa shape index (κ1) is 15.7. The van der Waals surface area contributed by atoms with Gasteiger partial charge in [-0.25, -0.2) is 4.98 Å². The summed E-state index contributed by atoms with van der Waals surface area (Å²) in [5, 5.41) is 0. The normalized spacial score (nSPS) is 19.1. The van der Waals surface area contributed by atoms with Gasteiger partial charge in [-0.1, -0.05) is 12.5 Å². The molecule has 23 heavy (non-hydrogen) atoms. The molecule has 0 spiro atoms. The van der Waals surface area contributed by atoms with Crippen LogP contribution in [0.5, 0.6) is 0 Å². The van der Waals surface area contributed by atoms with Crippen molar-refractivity contribution in [3.05, 3.63) is 46.5 Å². The van der Waals surface area contributed by atoms with E-state index in [0.29, 0.717) is 24.8 Å². The predicted octanol–water partition coefficient (Wildman–Crippen LogP) is 1.25. The fourth-order valence-electron chi connectivity index (χ4n) is 3.07. The molecule has 6 heteroatoms. The molecule has 2 aromatic rings. The van der Waals surface area contributed by atoms with Gasteiger partial charge in [0.05, 0.1) is 0 Å². The molecule has 2 aromatic heterocycles. The molecule has 0 aromatic carbocycles. The van der Waals surface area contributed by atoms with E-state index in [1.54, 1.807) is 23.2 Å². The summed E-state index contributed by atoms with van der Waals surface area (Å²) >= 11 is 0. The number of hydrogen-bond acceptors (Lipinski definition) is 4. The summed E-state index contributed by atoms with van der Waals surface area (Å²) in [6.07, 6.45) is 6.20. The van der Waals surface area contributed by atoms with Crippen molar-refractivity contribution in [2.24, 2.45) is 0 Å². The average Bonchev–Trinajstić information content (AvgIpc) is 2.81. The zero-order valence-electron chi connectivity index (χ0n) is 13.6. The van der Waals surface area contributed by atoms with Crippen molar-refractivity contribution in [2.75, 3.05) is 27.2 Å². The number of likely N-dealkylation sites (N-methyl/N-ethyl adjacent to an activating group) is 1. The minimum atomic E-state index is -0.300. The maximum atomic E-state index is 12.8. The van der Waals surface area contributed by atoms with Crippen LogP contribution in [0.25, 0.3) is 5.65 Å². The Balaban J connectivity index is 1.93. The van der Waals surface area contributed by atoms with E-state index >= 15 is 0 Å². The Morgan fingerprint density at radius 1 is 1.30 bits per heavy atom. The quantitative estimate of drug-likeness (QED) is 0.837. The SMILES string of the molecule is CN(C)[C@H]1CCCCN(C(=O)c2cnc3ccccn3c2=O)C1. The number of nitrogens with zero attached hydrogens (tertiary/aromatic N) is 4. The van der Waals surface area contributed by atoms with Crippen LogP contribution in [-0.2, 0) is 0 Å². The van der Waals surface area contributed by atoms with E-state index in [-0.39, 0.29) is 17.0 Å². The number of carbonyl (C=O) groups is 1. The molecule has 1 aliphatic heterocycles. The molecule has 3 rings (SSSR count). The molecular weight excluding hydrogens is 292 g/mol. The van der Waals surface area contributed by atoms with Crippen LogP contribution in [0, 0.1) is 0 Å². The van der Waals surface area contributed by atoms with Gasteiger partial charge in [0.25, 0.3) is 11.5 Å². The summed E-state index contributed by atoms with van der Waals surface area (Å²) in [5.41, 5.74) is 0.399. The fourth-order valence-corrected chi connectivity index (χ4v) is 3.07. The van der Waals surface area contributed by atoms with Crippen molar-refractivity contribution in [3.63, 3.8) is 0 Å². The first-order valence-corrected chi connectivity index (χ1v) is 8.00. The molecule has 3 heterocycles. The molecule has 122 valence electrons. The van der Waals surface area contributed by atoms with Crippen LogP contribution < -0.4 is 5.56 Å². The average molecular weight is 314 g/mol. The maximum absolute atomic E-state index is 12.8. The van der Waals surface area contributed by atoms with Crippen LogP contribution in [0.15, 0.2) is 35.4 Å². The maximum Gasteiger partial charge on any atom is 0.270 e. The van der Waals surface area contributed by atoms with Crippen LogP contribution in [0.3, 0.4) is 0 Å². The summed E-state index contributed by atoms with van der Waals surface area (Å²) in [7, 11) is 4.07. The lowest BCUT2D eigenvalue weighted by atomic mass is 10.1. The molecule has 1 atom stereocenters. The van der Waals surface area contributed by atoms with Gasteiger partial charge in [0.1, 0.15) is 11.2 Å². The third-order valence-electron chi connectivity index (χ3n) is 4.51. The molecule has 6 nitrogen and oxygen atoms in total. The fraction of sp³-hybridized carbons (Fsp3) is 0.471. The molecule has 1 amide bonds. The lowest BCUT2D eigenvalue weighted by Gasteiger charge is -2.28. The summed E-state index contributed by atoms with van der Waals surface area (Å²) in [4.78, 5) is 33.6. The molecule has 0 aliphatic carbocycles. The van der Waals surface area contributed by atoms with Crippen molar-refractivity contribution < 1.29 is 4.79 Å². The number of pyridine rings is 1. The third-order valence-corrected chi connectivity index (χ3v) is 4.51. The summed E-state index contributed by atoms with van der Waals surface area (Å²) in [6, 6.07) is 5.67. The van der Waals surface area contributed by atoms with Crippen molar-refractivity contribution in [2.45, 2.75) is 25.3 Å². The van der Waals surface area contributed by atoms with Gasteiger partial charge in [0, 0.05) is 31.5 Å². The molecule has 0 N–H and O–H groups in total. The summed E-state index contributed by atoms with van der Waals surface area (Å²) < 4.78 is 1.43. The van der Waals surface area contributed by atoms with Crippen molar-refractivity contribution in [1.82, 2.24) is 19.2 Å². The number of aromatic nitrogens is 2. The number of fused-ring (bicyclic) bond motifs is 1. The number of hydrogen-bond donors (Lipinski definition) is 0. The minimum Gasteiger partial charge on any atom is -0.337 e. The predicted molar refractivity (Wildman–Crippen MR) is 88.7 cm³/mol. The van der Waals surface area contributed by atoms with Gasteiger partial charge in [-0.15, -0.1) is 0 Å². The van der Waals surface area contributed by atoms with Crippen molar-refractivity contribution in [3.8, 4) is 0 Å². The highest BCUT2D eigenvalue weighted by Crippen LogP contribution is 2.15. The van der Waals surface area contributed by atoms with E-state index in [9.17, 15) is 9.59 Å². The smallest absolute Gasteiger partial charge is 0.270 e. The highest BCUT2D eigenvalue weighted by atomic mass is 16.2. The number of carbonyl (C=O) groups excluding carboxylic acids is 1. The Bertz CT molecular complexity index is 769. The minimum absolute atomic E-state index is 0.146. The molecule has 1 aliphatic rings. The van der Waals surface area contributed by atoms with Crippen LogP contribution in [0.4, 0.5) is 0 Å². The first-order valence-electron chi connectivity index (χ1n) is 8.00. The van der Waals surface area contributed by atoms with Gasteiger partial charge in [-0.3, -0.25) is 14.0 Å². The van der Waals surface area contributed by atoms with Crippen LogP contribution >= 0.6 is 0 Å². The summed E-state index contributed by atoms with van der Waals surface area (Å²) in [6.45, 7) is 1.35. The van der Waals surface area contributed by atoms with Crippen LogP contribution in [0.2, 0.25) is 0 Å². The van der Waals surface area contributed by atoms with E-state index in [1.807, 2.05) is 20.2 Å². The molecule has 1 fully saturated rings. The molecule has 0 radical (unpaired) electrons. The standard InChI is InChI=1S/C17H22N4O2/c1-19(2)13-7-3-5-9-20(12-13)16(22)14-11-18-15-8-4-6-10-21(15)17(14)23/h4,6,8,10-11,13H,3,5,7,9,12H2,1-2H3/t13-/m0/s1. The highest BCUT2D eigenvalue weighted by molar-refractivity contribution is 5.93. The lowest BCUT2D eigenvalue weighted by Crippen LogP contribution is -2.43. The second-order valence-corrected chi connectivity index (χ2v) is 6.27. The Kier molecular flexibility index (Phi) is 4.43. The molecular formula is C17H22N4O2. The zero-order chi connectivity index (χ0) is 16.4. The van der Waals surface area contributed by atoms with Crippen molar-refractivity contribution >= 4 is 11.6 Å². The van der Waals surface area contributed by atoms with E-state index in [4.69, 9.17) is 0 Å². The lowest BCUT2D eigenvalue weighted by molar-refractivity contribution is 0.0723. The van der Waals surface area contributed by atoms with E-state index in [2.05, 4.69) is 9.88 Å². The van der Waals surface area contributed by atoms with Gasteiger partial charge in [-0.2, -0.15) is 0 Å². The Morgan fingerprint density at radius 3 is 2.91 bits per heavy atom. The Morgan fingerprint density at radius 2 is 2.13 bits per heavy atom. The van der Waals surface area contributed by atoms with Gasteiger partial charge in [0.2, 0.25) is 0 Å². The van der Waals surface area contributed by atoms with E-state index in [1.165, 1.54) is 10.6 Å². The molecule has 0 bridgehead atoms. The second kappa shape index (κ2) is 6.50. The van der Waals surface area contributed by atoms with Gasteiger partial charge >= 0.3 is 0 Å². The van der Waals surface area contributed by atoms with E-state index in [0.717, 1.165) is 19.3 Å². The molecule has 0 saturated carbocycles. The van der Waals surface area contributed by atoms with Crippen LogP contribution in [0.1, 0.15) is 29.6 Å². The topological polar surface area (TPSA) is 57.9 Å². The molecule has 0 unspecified atom stereocenters. The van der Waals surface area contributed by atoms with Gasteiger partial charge in [0.15, 0.2) is 0 Å². The highest BCUT2D eigenvalue weighted by Gasteiger charge is 2.26. The van der Waals surface area contributed by atoms with Gasteiger partial charge < -0.3 is 9.80 Å². The number of likely N-dealkylation sites (tertiary alicyclic amines) is 1. The monoisotopic (exact) mass is 314 g/mol. The summed E-state index contributed by atoms with van der Waals surface area (Å²) in [5.74, 6) is -0.213. The third kappa shape index (κ3) is 3.12. The second-order valence-electron chi connectivity index (χ2n) is 6.27. The zero-order valence-corrected chi connectivity index (χ0v) is 13.6. The largest absolute Gasteiger partial charge is 0.337 e. The molecule has 1 saturated heterocycles. The van der Waals surface area contributed by atoms with Gasteiger partial charge in [-0.05, 0) is 39.1 Å². The Hall–Kier alpha value is -2.21. The number of amides is 1. The van der Waals surface area contributed by atoms with Crippen LogP contribution in [-0.4, -0.2) is 58.3 Å². The first-order chi connectivity index (χ1) is 11.1. The van der Waals surface area contributed by atoms with E-state index < -0.39 is 0 Å².